The summed E-state index contributed by atoms with van der Waals surface area (Å²) in [5, 5.41) is 11.7. The van der Waals surface area contributed by atoms with Gasteiger partial charge in [0.2, 0.25) is 0 Å². The van der Waals surface area contributed by atoms with Gasteiger partial charge in [-0.05, 0) is 44.2 Å². The Morgan fingerprint density at radius 2 is 1.93 bits per heavy atom. The normalized spacial score (nSPS) is 16.3. The van der Waals surface area contributed by atoms with Gasteiger partial charge in [0.25, 0.3) is 0 Å². The number of fused-ring (bicyclic) bond motifs is 1. The summed E-state index contributed by atoms with van der Waals surface area (Å²) < 4.78 is 0. The molecule has 3 nitrogen and oxygen atoms in total. The van der Waals surface area contributed by atoms with Crippen molar-refractivity contribution in [1.82, 2.24) is 10.2 Å². The smallest absolute Gasteiger partial charge is 0.148 e. The number of nitrogens with zero attached hydrogens (tertiary/aromatic N) is 2. The van der Waals surface area contributed by atoms with Gasteiger partial charge in [0.15, 0.2) is 0 Å². The van der Waals surface area contributed by atoms with Gasteiger partial charge in [0.05, 0.1) is 5.69 Å². The van der Waals surface area contributed by atoms with Crippen LogP contribution in [0.3, 0.4) is 0 Å². The average molecular weight is 205 g/mol. The highest BCUT2D eigenvalue weighted by molar-refractivity contribution is 5.38. The van der Waals surface area contributed by atoms with Crippen LogP contribution in [0.1, 0.15) is 43.9 Å². The Bertz CT molecular complexity index is 323. The molecular weight excluding hydrogens is 186 g/mol. The summed E-state index contributed by atoms with van der Waals surface area (Å²) in [5.41, 5.74) is 2.62. The zero-order chi connectivity index (χ0) is 10.5. The first-order valence-corrected chi connectivity index (χ1v) is 5.99. The summed E-state index contributed by atoms with van der Waals surface area (Å²) >= 11 is 0. The van der Waals surface area contributed by atoms with E-state index in [4.69, 9.17) is 0 Å². The van der Waals surface area contributed by atoms with Crippen LogP contribution in [0.4, 0.5) is 5.82 Å². The van der Waals surface area contributed by atoms with Crippen molar-refractivity contribution >= 4 is 5.82 Å². The first-order valence-electron chi connectivity index (χ1n) is 5.99. The summed E-state index contributed by atoms with van der Waals surface area (Å²) in [7, 11) is 0. The molecule has 0 bridgehead atoms. The molecule has 3 heteroatoms. The van der Waals surface area contributed by atoms with Gasteiger partial charge in [-0.2, -0.15) is 5.10 Å². The quantitative estimate of drug-likeness (QED) is 0.806. The van der Waals surface area contributed by atoms with Gasteiger partial charge in [-0.3, -0.25) is 0 Å². The van der Waals surface area contributed by atoms with Gasteiger partial charge < -0.3 is 5.32 Å². The number of hydrogen-bond acceptors (Lipinski definition) is 3. The number of rotatable bonds is 2. The molecule has 15 heavy (non-hydrogen) atoms. The van der Waals surface area contributed by atoms with Crippen LogP contribution in [0.15, 0.2) is 6.07 Å². The van der Waals surface area contributed by atoms with Crippen LogP contribution in [0.2, 0.25) is 0 Å². The van der Waals surface area contributed by atoms with E-state index in [0.717, 1.165) is 18.8 Å². The third-order valence-corrected chi connectivity index (χ3v) is 2.93. The SMILES string of the molecule is CCNc1cc2c(nn1)CCCCCC2. The number of aryl methyl sites for hydroxylation is 2. The van der Waals surface area contributed by atoms with E-state index in [0.29, 0.717) is 0 Å². The van der Waals surface area contributed by atoms with E-state index in [1.54, 1.807) is 0 Å². The van der Waals surface area contributed by atoms with Crippen LogP contribution in [0.5, 0.6) is 0 Å². The molecule has 1 aromatic rings. The topological polar surface area (TPSA) is 37.8 Å². The van der Waals surface area contributed by atoms with E-state index in [1.807, 2.05) is 0 Å². The molecule has 1 N–H and O–H groups in total. The zero-order valence-electron chi connectivity index (χ0n) is 9.42. The van der Waals surface area contributed by atoms with Gasteiger partial charge in [0, 0.05) is 6.54 Å². The number of aromatic nitrogens is 2. The highest BCUT2D eigenvalue weighted by Crippen LogP contribution is 2.19. The third-order valence-electron chi connectivity index (χ3n) is 2.93. The minimum absolute atomic E-state index is 0.910. The second-order valence-corrected chi connectivity index (χ2v) is 4.15. The summed E-state index contributed by atoms with van der Waals surface area (Å²) in [6.45, 7) is 2.99. The number of nitrogens with one attached hydrogen (secondary N) is 1. The van der Waals surface area contributed by atoms with Crippen molar-refractivity contribution < 1.29 is 0 Å². The molecule has 0 amide bonds. The van der Waals surface area contributed by atoms with Gasteiger partial charge in [0.1, 0.15) is 5.82 Å². The zero-order valence-corrected chi connectivity index (χ0v) is 9.42. The highest BCUT2D eigenvalue weighted by atomic mass is 15.2. The molecule has 1 aromatic heterocycles. The fourth-order valence-corrected chi connectivity index (χ4v) is 2.11. The standard InChI is InChI=1S/C12H19N3/c1-2-13-12-9-10-7-5-3-4-6-8-11(10)14-15-12/h9H,2-8H2,1H3,(H,13,15). The predicted octanol–water partition coefficient (Wildman–Crippen LogP) is 2.57. The first kappa shape index (κ1) is 10.4. The second-order valence-electron chi connectivity index (χ2n) is 4.15. The Kier molecular flexibility index (Phi) is 3.54. The summed E-state index contributed by atoms with van der Waals surface area (Å²) in [6, 6.07) is 2.18. The van der Waals surface area contributed by atoms with Crippen molar-refractivity contribution in [2.24, 2.45) is 0 Å². The monoisotopic (exact) mass is 205 g/mol. The van der Waals surface area contributed by atoms with Crippen molar-refractivity contribution in [3.63, 3.8) is 0 Å². The van der Waals surface area contributed by atoms with E-state index in [-0.39, 0.29) is 0 Å². The summed E-state index contributed by atoms with van der Waals surface area (Å²) in [6.07, 6.45) is 7.54. The Balaban J connectivity index is 2.19. The molecule has 1 heterocycles. The Morgan fingerprint density at radius 3 is 2.73 bits per heavy atom. The molecular formula is C12H19N3. The van der Waals surface area contributed by atoms with Crippen LogP contribution in [0.25, 0.3) is 0 Å². The largest absolute Gasteiger partial charge is 0.369 e. The van der Waals surface area contributed by atoms with Gasteiger partial charge in [-0.15, -0.1) is 5.10 Å². The lowest BCUT2D eigenvalue weighted by molar-refractivity contribution is 0.603. The lowest BCUT2D eigenvalue weighted by Crippen LogP contribution is -2.07. The average Bonchev–Trinajstić information content (AvgIpc) is 2.20. The van der Waals surface area contributed by atoms with Crippen LogP contribution in [-0.2, 0) is 12.8 Å². The summed E-state index contributed by atoms with van der Waals surface area (Å²) in [4.78, 5) is 0. The van der Waals surface area contributed by atoms with Gasteiger partial charge in [-0.1, -0.05) is 12.8 Å². The van der Waals surface area contributed by atoms with E-state index >= 15 is 0 Å². The Labute approximate surface area is 91.3 Å². The Hall–Kier alpha value is -1.12. The van der Waals surface area contributed by atoms with Gasteiger partial charge in [-0.25, -0.2) is 0 Å². The molecule has 82 valence electrons. The molecule has 0 fully saturated rings. The van der Waals surface area contributed by atoms with E-state index in [9.17, 15) is 0 Å². The molecule has 0 saturated heterocycles. The number of hydrogen-bond donors (Lipinski definition) is 1. The molecule has 0 radical (unpaired) electrons. The molecule has 1 aliphatic carbocycles. The molecule has 2 rings (SSSR count). The Morgan fingerprint density at radius 1 is 1.13 bits per heavy atom. The van der Waals surface area contributed by atoms with E-state index < -0.39 is 0 Å². The summed E-state index contributed by atoms with van der Waals surface area (Å²) in [5.74, 6) is 0.928. The lowest BCUT2D eigenvalue weighted by Gasteiger charge is -2.13. The molecule has 1 aliphatic rings. The maximum atomic E-state index is 4.33. The second kappa shape index (κ2) is 5.10. The van der Waals surface area contributed by atoms with Crippen LogP contribution in [0, 0.1) is 0 Å². The fourth-order valence-electron chi connectivity index (χ4n) is 2.11. The highest BCUT2D eigenvalue weighted by Gasteiger charge is 2.09. The van der Waals surface area contributed by atoms with Crippen LogP contribution < -0.4 is 5.32 Å². The van der Waals surface area contributed by atoms with Crippen molar-refractivity contribution in [2.45, 2.75) is 45.4 Å². The van der Waals surface area contributed by atoms with Crippen LogP contribution >= 0.6 is 0 Å². The molecule has 0 atom stereocenters. The number of anilines is 1. The van der Waals surface area contributed by atoms with E-state index in [1.165, 1.54) is 43.4 Å². The third kappa shape index (κ3) is 2.67. The van der Waals surface area contributed by atoms with E-state index in [2.05, 4.69) is 28.5 Å². The van der Waals surface area contributed by atoms with Crippen molar-refractivity contribution in [2.75, 3.05) is 11.9 Å². The predicted molar refractivity (Wildman–Crippen MR) is 62.1 cm³/mol. The van der Waals surface area contributed by atoms with Crippen molar-refractivity contribution in [1.29, 1.82) is 0 Å². The van der Waals surface area contributed by atoms with Crippen LogP contribution in [-0.4, -0.2) is 16.7 Å². The molecule has 0 spiro atoms. The maximum absolute atomic E-state index is 4.33. The van der Waals surface area contributed by atoms with Crippen molar-refractivity contribution in [3.8, 4) is 0 Å². The van der Waals surface area contributed by atoms with Crippen molar-refractivity contribution in [3.05, 3.63) is 17.3 Å². The molecule has 0 aromatic carbocycles. The first-order chi connectivity index (χ1) is 7.40. The van der Waals surface area contributed by atoms with Gasteiger partial charge >= 0.3 is 0 Å². The maximum Gasteiger partial charge on any atom is 0.148 e. The fraction of sp³-hybridized carbons (Fsp3) is 0.667. The molecule has 0 saturated carbocycles. The minimum Gasteiger partial charge on any atom is -0.369 e. The molecule has 0 aliphatic heterocycles. The lowest BCUT2D eigenvalue weighted by atomic mass is 9.98. The molecule has 0 unspecified atom stereocenters. The minimum atomic E-state index is 0.910.